The summed E-state index contributed by atoms with van der Waals surface area (Å²) in [7, 11) is -3.22. The van der Waals surface area contributed by atoms with Crippen molar-refractivity contribution in [3.8, 4) is 0 Å². The molecule has 1 aromatic heterocycles. The lowest BCUT2D eigenvalue weighted by molar-refractivity contribution is -0.137. The lowest BCUT2D eigenvalue weighted by Crippen LogP contribution is -2.35. The Morgan fingerprint density at radius 3 is 2.59 bits per heavy atom. The second-order valence-electron chi connectivity index (χ2n) is 4.80. The number of hydrogen-bond acceptors (Lipinski definition) is 5. The molecule has 0 aliphatic carbocycles. The van der Waals surface area contributed by atoms with Crippen LogP contribution in [-0.2, 0) is 21.2 Å². The van der Waals surface area contributed by atoms with Crippen LogP contribution < -0.4 is 4.72 Å². The maximum atomic E-state index is 12.3. The van der Waals surface area contributed by atoms with Crippen LogP contribution in [0.15, 0.2) is 12.1 Å². The zero-order valence-electron chi connectivity index (χ0n) is 12.5. The predicted molar refractivity (Wildman–Crippen MR) is 84.7 cm³/mol. The highest BCUT2D eigenvalue weighted by atomic mass is 32.2. The molecule has 0 bridgehead atoms. The van der Waals surface area contributed by atoms with Crippen LogP contribution in [0.5, 0.6) is 0 Å². The van der Waals surface area contributed by atoms with Gasteiger partial charge < -0.3 is 10.0 Å². The average Bonchev–Trinajstić information content (AvgIpc) is 2.84. The summed E-state index contributed by atoms with van der Waals surface area (Å²) in [6.07, 6.45) is 2.25. The fourth-order valence-electron chi connectivity index (χ4n) is 1.83. The van der Waals surface area contributed by atoms with Gasteiger partial charge in [-0.3, -0.25) is 9.59 Å². The number of amides is 1. The van der Waals surface area contributed by atoms with Crippen LogP contribution in [0.2, 0.25) is 0 Å². The second kappa shape index (κ2) is 8.25. The van der Waals surface area contributed by atoms with E-state index >= 15 is 0 Å². The van der Waals surface area contributed by atoms with Crippen molar-refractivity contribution in [3.05, 3.63) is 21.9 Å². The minimum absolute atomic E-state index is 0.265. The largest absolute Gasteiger partial charge is 0.480 e. The molecule has 9 heteroatoms. The molecule has 0 saturated carbocycles. The number of carbonyl (C=O) groups is 2. The smallest absolute Gasteiger partial charge is 0.323 e. The van der Waals surface area contributed by atoms with Crippen LogP contribution in [0.25, 0.3) is 0 Å². The Kier molecular flexibility index (Phi) is 6.98. The molecule has 1 aromatic rings. The van der Waals surface area contributed by atoms with Crippen molar-refractivity contribution in [1.29, 1.82) is 0 Å². The van der Waals surface area contributed by atoms with Gasteiger partial charge in [-0.05, 0) is 25.0 Å². The number of thiophene rings is 1. The minimum Gasteiger partial charge on any atom is -0.480 e. The number of carboxylic acid groups (broad SMARTS) is 1. The molecule has 124 valence electrons. The van der Waals surface area contributed by atoms with Crippen molar-refractivity contribution in [2.24, 2.45) is 0 Å². The van der Waals surface area contributed by atoms with Gasteiger partial charge >= 0.3 is 5.97 Å². The Morgan fingerprint density at radius 1 is 1.36 bits per heavy atom. The number of hydrogen-bond donors (Lipinski definition) is 2. The number of nitrogens with zero attached hydrogens (tertiary/aromatic N) is 1. The number of carboxylic acids is 1. The SMILES string of the molecule is CCCN(CC(=O)O)C(=O)c1ccc(CCNS(C)(=O)=O)s1. The Balaban J connectivity index is 2.68. The molecule has 1 rings (SSSR count). The Bertz CT molecular complexity index is 624. The standard InChI is InChI=1S/C13H20N2O5S2/c1-3-8-15(9-12(16)17)13(18)11-5-4-10(21-11)6-7-14-22(2,19)20/h4-5,14H,3,6-9H2,1-2H3,(H,16,17). The van der Waals surface area contributed by atoms with Gasteiger partial charge in [-0.1, -0.05) is 6.92 Å². The number of aliphatic carboxylic acids is 1. The fraction of sp³-hybridized carbons (Fsp3) is 0.538. The molecule has 0 unspecified atom stereocenters. The van der Waals surface area contributed by atoms with Gasteiger partial charge in [0.25, 0.3) is 5.91 Å². The van der Waals surface area contributed by atoms with E-state index < -0.39 is 16.0 Å². The average molecular weight is 348 g/mol. The maximum Gasteiger partial charge on any atom is 0.323 e. The van der Waals surface area contributed by atoms with Gasteiger partial charge in [0, 0.05) is 18.0 Å². The van der Waals surface area contributed by atoms with Crippen LogP contribution >= 0.6 is 11.3 Å². The zero-order chi connectivity index (χ0) is 16.8. The topological polar surface area (TPSA) is 104 Å². The summed E-state index contributed by atoms with van der Waals surface area (Å²) in [4.78, 5) is 25.7. The summed E-state index contributed by atoms with van der Waals surface area (Å²) in [6.45, 7) is 2.20. The first kappa shape index (κ1) is 18.6. The molecule has 0 aromatic carbocycles. The molecule has 0 radical (unpaired) electrons. The van der Waals surface area contributed by atoms with Crippen molar-refractivity contribution in [1.82, 2.24) is 9.62 Å². The predicted octanol–water partition coefficient (Wildman–Crippen LogP) is 0.777. The highest BCUT2D eigenvalue weighted by Crippen LogP contribution is 2.19. The van der Waals surface area contributed by atoms with Gasteiger partial charge in [0.2, 0.25) is 10.0 Å². The molecule has 0 spiro atoms. The van der Waals surface area contributed by atoms with Crippen LogP contribution in [-0.4, -0.2) is 56.2 Å². The molecule has 0 atom stereocenters. The van der Waals surface area contributed by atoms with Crippen molar-refractivity contribution in [3.63, 3.8) is 0 Å². The summed E-state index contributed by atoms with van der Waals surface area (Å²) in [5.41, 5.74) is 0. The summed E-state index contributed by atoms with van der Waals surface area (Å²) >= 11 is 1.25. The van der Waals surface area contributed by atoms with Gasteiger partial charge in [-0.2, -0.15) is 0 Å². The summed E-state index contributed by atoms with van der Waals surface area (Å²) < 4.78 is 24.3. The normalized spacial score (nSPS) is 11.4. The molecule has 2 N–H and O–H groups in total. The number of rotatable bonds is 9. The van der Waals surface area contributed by atoms with Crippen LogP contribution in [0.3, 0.4) is 0 Å². The summed E-state index contributed by atoms with van der Waals surface area (Å²) in [5, 5.41) is 8.85. The molecule has 0 aliphatic rings. The number of carbonyl (C=O) groups excluding carboxylic acids is 1. The Labute approximate surface area is 134 Å². The quantitative estimate of drug-likeness (QED) is 0.686. The van der Waals surface area contributed by atoms with Crippen molar-refractivity contribution in [2.45, 2.75) is 19.8 Å². The molecular weight excluding hydrogens is 328 g/mol. The highest BCUT2D eigenvalue weighted by Gasteiger charge is 2.19. The van der Waals surface area contributed by atoms with Gasteiger partial charge in [0.05, 0.1) is 11.1 Å². The van der Waals surface area contributed by atoms with Crippen LogP contribution in [0.1, 0.15) is 27.9 Å². The van der Waals surface area contributed by atoms with E-state index in [4.69, 9.17) is 5.11 Å². The minimum atomic E-state index is -3.22. The van der Waals surface area contributed by atoms with Crippen LogP contribution in [0.4, 0.5) is 0 Å². The van der Waals surface area contributed by atoms with E-state index in [1.807, 2.05) is 6.92 Å². The third-order valence-corrected chi connectivity index (χ3v) is 4.58. The van der Waals surface area contributed by atoms with Gasteiger partial charge in [-0.15, -0.1) is 11.3 Å². The van der Waals surface area contributed by atoms with E-state index in [1.165, 1.54) is 16.2 Å². The molecule has 1 heterocycles. The van der Waals surface area contributed by atoms with Crippen molar-refractivity contribution in [2.75, 3.05) is 25.9 Å². The lowest BCUT2D eigenvalue weighted by atomic mass is 10.3. The van der Waals surface area contributed by atoms with Crippen molar-refractivity contribution >= 4 is 33.2 Å². The van der Waals surface area contributed by atoms with Gasteiger partial charge in [0.15, 0.2) is 0 Å². The maximum absolute atomic E-state index is 12.3. The van der Waals surface area contributed by atoms with E-state index in [0.717, 1.165) is 11.1 Å². The van der Waals surface area contributed by atoms with E-state index in [-0.39, 0.29) is 19.0 Å². The molecule has 7 nitrogen and oxygen atoms in total. The first-order valence-electron chi connectivity index (χ1n) is 6.77. The molecular formula is C13H20N2O5S2. The third-order valence-electron chi connectivity index (χ3n) is 2.71. The van der Waals surface area contributed by atoms with Crippen LogP contribution in [0, 0.1) is 0 Å². The van der Waals surface area contributed by atoms with E-state index in [9.17, 15) is 18.0 Å². The fourth-order valence-corrected chi connectivity index (χ4v) is 3.28. The second-order valence-corrected chi connectivity index (χ2v) is 7.80. The van der Waals surface area contributed by atoms with Gasteiger partial charge in [0.1, 0.15) is 6.54 Å². The molecule has 0 aliphatic heterocycles. The monoisotopic (exact) mass is 348 g/mol. The van der Waals surface area contributed by atoms with Crippen molar-refractivity contribution < 1.29 is 23.1 Å². The van der Waals surface area contributed by atoms with E-state index in [0.29, 0.717) is 24.3 Å². The van der Waals surface area contributed by atoms with E-state index in [2.05, 4.69) is 4.72 Å². The summed E-state index contributed by atoms with van der Waals surface area (Å²) in [5.74, 6) is -1.35. The zero-order valence-corrected chi connectivity index (χ0v) is 14.2. The first-order chi connectivity index (χ1) is 10.2. The Morgan fingerprint density at radius 2 is 2.05 bits per heavy atom. The molecule has 1 amide bonds. The molecule has 22 heavy (non-hydrogen) atoms. The first-order valence-corrected chi connectivity index (χ1v) is 9.48. The summed E-state index contributed by atoms with van der Waals surface area (Å²) in [6, 6.07) is 3.40. The number of nitrogens with one attached hydrogen (secondary N) is 1. The molecule has 0 saturated heterocycles. The van der Waals surface area contributed by atoms with E-state index in [1.54, 1.807) is 12.1 Å². The lowest BCUT2D eigenvalue weighted by Gasteiger charge is -2.18. The van der Waals surface area contributed by atoms with Gasteiger partial charge in [-0.25, -0.2) is 13.1 Å². The third kappa shape index (κ3) is 6.54. The highest BCUT2D eigenvalue weighted by molar-refractivity contribution is 7.88. The molecule has 0 fully saturated rings. The Hall–Kier alpha value is -1.45. The number of sulfonamides is 1.